The maximum absolute atomic E-state index is 12.7. The molecule has 0 unspecified atom stereocenters. The van der Waals surface area contributed by atoms with Gasteiger partial charge in [0.1, 0.15) is 0 Å². The first-order chi connectivity index (χ1) is 14.3. The predicted molar refractivity (Wildman–Crippen MR) is 114 cm³/mol. The van der Waals surface area contributed by atoms with Gasteiger partial charge in [-0.05, 0) is 48.0 Å². The number of methoxy groups -OCH3 is 1. The van der Waals surface area contributed by atoms with Gasteiger partial charge in [0, 0.05) is 12.1 Å². The van der Waals surface area contributed by atoms with E-state index in [1.165, 1.54) is 31.4 Å². The smallest absolute Gasteiger partial charge is 0.293 e. The van der Waals surface area contributed by atoms with Crippen molar-refractivity contribution in [3.05, 3.63) is 67.6 Å². The number of amides is 2. The van der Waals surface area contributed by atoms with Crippen molar-refractivity contribution in [1.82, 2.24) is 4.90 Å². The average Bonchev–Trinajstić information content (AvgIpc) is 2.97. The number of nitrogens with zero attached hydrogens (tertiary/aromatic N) is 2. The van der Waals surface area contributed by atoms with Crippen LogP contribution in [0, 0.1) is 10.1 Å². The van der Waals surface area contributed by atoms with E-state index in [9.17, 15) is 19.7 Å². The number of nitro groups is 1. The number of non-ortho nitro benzene ring substituents is 1. The van der Waals surface area contributed by atoms with E-state index in [1.54, 1.807) is 18.2 Å². The molecule has 1 fully saturated rings. The summed E-state index contributed by atoms with van der Waals surface area (Å²) in [5.41, 5.74) is 1.13. The zero-order valence-electron chi connectivity index (χ0n) is 16.1. The number of rotatable bonds is 7. The first-order valence-corrected chi connectivity index (χ1v) is 10.0. The number of hydrogen-bond acceptors (Lipinski definition) is 7. The molecule has 1 aliphatic rings. The van der Waals surface area contributed by atoms with Crippen LogP contribution in [0.15, 0.2) is 41.3 Å². The third-order valence-electron chi connectivity index (χ3n) is 4.20. The van der Waals surface area contributed by atoms with Crippen LogP contribution in [0.3, 0.4) is 0 Å². The summed E-state index contributed by atoms with van der Waals surface area (Å²) < 4.78 is 10.8. The first-order valence-electron chi connectivity index (χ1n) is 8.83. The van der Waals surface area contributed by atoms with Crippen LogP contribution >= 0.6 is 23.4 Å². The third kappa shape index (κ3) is 4.58. The van der Waals surface area contributed by atoms with Crippen molar-refractivity contribution in [2.75, 3.05) is 13.7 Å². The summed E-state index contributed by atoms with van der Waals surface area (Å²) in [7, 11) is 1.48. The molecule has 156 valence electrons. The molecule has 2 amide bonds. The number of halogens is 1. The van der Waals surface area contributed by atoms with Gasteiger partial charge in [0.2, 0.25) is 0 Å². The summed E-state index contributed by atoms with van der Waals surface area (Å²) in [6, 6.07) is 8.99. The van der Waals surface area contributed by atoms with Crippen LogP contribution in [0.2, 0.25) is 5.02 Å². The minimum absolute atomic E-state index is 0.0212. The zero-order chi connectivity index (χ0) is 21.8. The second-order valence-electron chi connectivity index (χ2n) is 6.16. The lowest BCUT2D eigenvalue weighted by atomic mass is 10.1. The van der Waals surface area contributed by atoms with Gasteiger partial charge in [-0.1, -0.05) is 23.7 Å². The van der Waals surface area contributed by atoms with Crippen molar-refractivity contribution in [1.29, 1.82) is 0 Å². The minimum Gasteiger partial charge on any atom is -0.493 e. The monoisotopic (exact) mass is 448 g/mol. The number of benzene rings is 2. The van der Waals surface area contributed by atoms with Gasteiger partial charge in [-0.2, -0.15) is 0 Å². The Hall–Kier alpha value is -3.04. The van der Waals surface area contributed by atoms with Gasteiger partial charge >= 0.3 is 0 Å². The molecule has 1 saturated heterocycles. The molecule has 8 nitrogen and oxygen atoms in total. The molecule has 2 aromatic rings. The Labute approximate surface area is 181 Å². The highest BCUT2D eigenvalue weighted by atomic mass is 35.5. The first kappa shape index (κ1) is 21.7. The van der Waals surface area contributed by atoms with Crippen LogP contribution in [0.5, 0.6) is 11.5 Å². The van der Waals surface area contributed by atoms with E-state index in [0.717, 1.165) is 16.7 Å². The van der Waals surface area contributed by atoms with Crippen LogP contribution in [0.25, 0.3) is 6.08 Å². The number of imide groups is 1. The second-order valence-corrected chi connectivity index (χ2v) is 7.56. The van der Waals surface area contributed by atoms with Crippen LogP contribution < -0.4 is 9.47 Å². The van der Waals surface area contributed by atoms with Gasteiger partial charge in [-0.25, -0.2) is 0 Å². The van der Waals surface area contributed by atoms with Gasteiger partial charge in [0.15, 0.2) is 11.5 Å². The molecule has 0 saturated carbocycles. The molecule has 1 heterocycles. The Morgan fingerprint density at radius 3 is 2.53 bits per heavy atom. The van der Waals surface area contributed by atoms with E-state index in [1.807, 2.05) is 6.92 Å². The van der Waals surface area contributed by atoms with Gasteiger partial charge in [0.25, 0.3) is 16.8 Å². The Kier molecular flexibility index (Phi) is 6.63. The zero-order valence-corrected chi connectivity index (χ0v) is 17.7. The molecule has 10 heteroatoms. The van der Waals surface area contributed by atoms with Crippen molar-refractivity contribution < 1.29 is 24.0 Å². The SMILES string of the molecule is CCOc1c(Cl)cc(/C=C2\SC(=O)N(Cc3ccc([N+](=O)[O-])cc3)C2=O)cc1OC. The molecule has 2 aromatic carbocycles. The molecular formula is C20H17ClN2O6S. The molecule has 0 atom stereocenters. The number of carbonyl (C=O) groups is 2. The summed E-state index contributed by atoms with van der Waals surface area (Å²) in [5.74, 6) is 0.373. The Morgan fingerprint density at radius 1 is 1.23 bits per heavy atom. The standard InChI is InChI=1S/C20H17ClN2O6S/c1-3-29-18-15(21)8-13(9-16(18)28-2)10-17-19(24)22(20(25)30-17)11-12-4-6-14(7-5-12)23(26)27/h4-10H,3,11H2,1-2H3/b17-10-. The lowest BCUT2D eigenvalue weighted by Crippen LogP contribution is -2.27. The lowest BCUT2D eigenvalue weighted by Gasteiger charge is -2.13. The van der Waals surface area contributed by atoms with Gasteiger partial charge in [-0.3, -0.25) is 24.6 Å². The van der Waals surface area contributed by atoms with Crippen molar-refractivity contribution in [2.45, 2.75) is 13.5 Å². The molecule has 0 N–H and O–H groups in total. The molecular weight excluding hydrogens is 432 g/mol. The number of hydrogen-bond donors (Lipinski definition) is 0. The summed E-state index contributed by atoms with van der Waals surface area (Å²) in [6.45, 7) is 2.26. The summed E-state index contributed by atoms with van der Waals surface area (Å²) in [5, 5.41) is 10.7. The van der Waals surface area contributed by atoms with E-state index in [-0.39, 0.29) is 17.1 Å². The van der Waals surface area contributed by atoms with E-state index in [2.05, 4.69) is 0 Å². The third-order valence-corrected chi connectivity index (χ3v) is 5.39. The van der Waals surface area contributed by atoms with Gasteiger partial charge < -0.3 is 9.47 Å². The molecule has 30 heavy (non-hydrogen) atoms. The summed E-state index contributed by atoms with van der Waals surface area (Å²) in [6.07, 6.45) is 1.56. The highest BCUT2D eigenvalue weighted by Gasteiger charge is 2.35. The second kappa shape index (κ2) is 9.19. The molecule has 1 aliphatic heterocycles. The largest absolute Gasteiger partial charge is 0.493 e. The number of thioether (sulfide) groups is 1. The normalized spacial score (nSPS) is 15.0. The Balaban J connectivity index is 1.82. The Bertz CT molecular complexity index is 1040. The number of nitro benzene ring substituents is 1. The van der Waals surface area contributed by atoms with Crippen LogP contribution in [-0.2, 0) is 11.3 Å². The minimum atomic E-state index is -0.511. The van der Waals surface area contributed by atoms with E-state index < -0.39 is 16.1 Å². The van der Waals surface area contributed by atoms with Crippen molar-refractivity contribution >= 4 is 46.3 Å². The molecule has 0 aromatic heterocycles. The molecule has 0 aliphatic carbocycles. The van der Waals surface area contributed by atoms with Gasteiger partial charge in [-0.15, -0.1) is 0 Å². The fourth-order valence-electron chi connectivity index (χ4n) is 2.80. The Morgan fingerprint density at radius 2 is 1.93 bits per heavy atom. The van der Waals surface area contributed by atoms with Crippen molar-refractivity contribution in [3.8, 4) is 11.5 Å². The fourth-order valence-corrected chi connectivity index (χ4v) is 3.91. The average molecular weight is 449 g/mol. The molecule has 0 radical (unpaired) electrons. The fraction of sp³-hybridized carbons (Fsp3) is 0.200. The maximum Gasteiger partial charge on any atom is 0.293 e. The molecule has 3 rings (SSSR count). The van der Waals surface area contributed by atoms with E-state index >= 15 is 0 Å². The van der Waals surface area contributed by atoms with E-state index in [4.69, 9.17) is 21.1 Å². The van der Waals surface area contributed by atoms with Crippen LogP contribution in [0.1, 0.15) is 18.1 Å². The van der Waals surface area contributed by atoms with Gasteiger partial charge in [0.05, 0.1) is 35.1 Å². The predicted octanol–water partition coefficient (Wildman–Crippen LogP) is 4.89. The number of carbonyl (C=O) groups excluding carboxylic acids is 2. The lowest BCUT2D eigenvalue weighted by molar-refractivity contribution is -0.384. The van der Waals surface area contributed by atoms with Crippen molar-refractivity contribution in [2.24, 2.45) is 0 Å². The quantitative estimate of drug-likeness (QED) is 0.337. The van der Waals surface area contributed by atoms with Crippen LogP contribution in [-0.4, -0.2) is 34.7 Å². The highest BCUT2D eigenvalue weighted by molar-refractivity contribution is 8.18. The van der Waals surface area contributed by atoms with Crippen LogP contribution in [0.4, 0.5) is 10.5 Å². The highest BCUT2D eigenvalue weighted by Crippen LogP contribution is 2.39. The van der Waals surface area contributed by atoms with Crippen molar-refractivity contribution in [3.63, 3.8) is 0 Å². The summed E-state index contributed by atoms with van der Waals surface area (Å²) in [4.78, 5) is 36.6. The number of ether oxygens (including phenoxy) is 2. The topological polar surface area (TPSA) is 99.0 Å². The van der Waals surface area contributed by atoms with E-state index in [0.29, 0.717) is 34.3 Å². The maximum atomic E-state index is 12.7. The summed E-state index contributed by atoms with van der Waals surface area (Å²) >= 11 is 7.08. The molecule has 0 spiro atoms. The molecule has 0 bridgehead atoms.